The number of nitrogens with zero attached hydrogens (tertiary/aromatic N) is 3. The zero-order valence-electron chi connectivity index (χ0n) is 19.9. The minimum Gasteiger partial charge on any atom is -0.493 e. The Balaban J connectivity index is 1.45. The number of rotatable bonds is 6. The average Bonchev–Trinajstić information content (AvgIpc) is 3.60. The monoisotopic (exact) mass is 483 g/mol. The molecule has 36 heavy (non-hydrogen) atoms. The lowest BCUT2D eigenvalue weighted by atomic mass is 10.0. The van der Waals surface area contributed by atoms with E-state index in [9.17, 15) is 9.59 Å². The molecule has 2 aromatic carbocycles. The summed E-state index contributed by atoms with van der Waals surface area (Å²) in [4.78, 5) is 31.1. The SMILES string of the molecule is CC#CC(=O)N1CCC(c2c[nH]n3c(C(N)=O)c(-c4ccc(Oc5ccccc5OC)cc4)nc23)C1. The number of methoxy groups -OCH3 is 1. The Kier molecular flexibility index (Phi) is 6.09. The molecule has 1 unspecified atom stereocenters. The number of nitrogens with two attached hydrogens (primary N) is 1. The second-order valence-electron chi connectivity index (χ2n) is 8.45. The number of carbonyl (C=O) groups is 2. The van der Waals surface area contributed by atoms with Crippen LogP contribution in [-0.4, -0.2) is 51.5 Å². The minimum atomic E-state index is -0.596. The van der Waals surface area contributed by atoms with Gasteiger partial charge in [0.05, 0.1) is 7.11 Å². The van der Waals surface area contributed by atoms with E-state index in [0.29, 0.717) is 41.7 Å². The van der Waals surface area contributed by atoms with Gasteiger partial charge in [0.2, 0.25) is 0 Å². The van der Waals surface area contributed by atoms with Crippen LogP contribution in [0.5, 0.6) is 17.2 Å². The Morgan fingerprint density at radius 3 is 2.58 bits per heavy atom. The standard InChI is InChI=1S/C27H25N5O4/c1-3-6-23(33)31-14-13-18(16-31)20-15-29-32-25(26(28)34)24(30-27(20)32)17-9-11-19(12-10-17)36-22-8-5-4-7-21(22)35-2/h4-5,7-12,15,18,29H,13-14,16H2,1-2H3,(H2,28,34). The fraction of sp³-hybridized carbons (Fsp3) is 0.222. The van der Waals surface area contributed by atoms with Gasteiger partial charge in [0.15, 0.2) is 22.8 Å². The predicted molar refractivity (Wildman–Crippen MR) is 134 cm³/mol. The van der Waals surface area contributed by atoms with Crippen LogP contribution in [0.15, 0.2) is 54.7 Å². The molecule has 0 bridgehead atoms. The molecule has 182 valence electrons. The Morgan fingerprint density at radius 1 is 1.14 bits per heavy atom. The fourth-order valence-electron chi connectivity index (χ4n) is 4.56. The zero-order valence-corrected chi connectivity index (χ0v) is 19.9. The van der Waals surface area contributed by atoms with Crippen molar-refractivity contribution in [1.82, 2.24) is 19.5 Å². The third-order valence-corrected chi connectivity index (χ3v) is 6.29. The van der Waals surface area contributed by atoms with Gasteiger partial charge in [-0.15, -0.1) is 0 Å². The summed E-state index contributed by atoms with van der Waals surface area (Å²) >= 11 is 0. The molecule has 0 spiro atoms. The quantitative estimate of drug-likeness (QED) is 0.407. The number of primary amides is 1. The van der Waals surface area contributed by atoms with E-state index < -0.39 is 5.91 Å². The molecule has 9 heteroatoms. The Morgan fingerprint density at radius 2 is 1.89 bits per heavy atom. The van der Waals surface area contributed by atoms with E-state index in [1.165, 1.54) is 0 Å². The van der Waals surface area contributed by atoms with Crippen molar-refractivity contribution in [2.45, 2.75) is 19.3 Å². The summed E-state index contributed by atoms with van der Waals surface area (Å²) in [5, 5.41) is 3.11. The summed E-state index contributed by atoms with van der Waals surface area (Å²) in [6.07, 6.45) is 2.61. The second-order valence-corrected chi connectivity index (χ2v) is 8.45. The van der Waals surface area contributed by atoms with Crippen LogP contribution in [-0.2, 0) is 4.79 Å². The number of likely N-dealkylation sites (tertiary alicyclic amines) is 1. The normalized spacial score (nSPS) is 14.9. The van der Waals surface area contributed by atoms with Crippen LogP contribution in [0.4, 0.5) is 0 Å². The summed E-state index contributed by atoms with van der Waals surface area (Å²) in [6, 6.07) is 14.7. The maximum absolute atomic E-state index is 12.4. The van der Waals surface area contributed by atoms with Gasteiger partial charge in [0.25, 0.3) is 11.8 Å². The molecule has 3 N–H and O–H groups in total. The maximum Gasteiger partial charge on any atom is 0.298 e. The number of fused-ring (bicyclic) bond motifs is 1. The minimum absolute atomic E-state index is 0.0777. The number of imidazole rings is 1. The van der Waals surface area contributed by atoms with Gasteiger partial charge < -0.3 is 20.1 Å². The molecule has 1 aliphatic heterocycles. The topological polar surface area (TPSA) is 115 Å². The van der Waals surface area contributed by atoms with Crippen molar-refractivity contribution >= 4 is 17.5 Å². The first-order valence-electron chi connectivity index (χ1n) is 11.5. The van der Waals surface area contributed by atoms with E-state index in [1.807, 2.05) is 42.6 Å². The third-order valence-electron chi connectivity index (χ3n) is 6.29. The van der Waals surface area contributed by atoms with Crippen LogP contribution in [0.3, 0.4) is 0 Å². The number of amides is 2. The highest BCUT2D eigenvalue weighted by molar-refractivity contribution is 5.98. The molecular formula is C27H25N5O4. The Hall–Kier alpha value is -4.71. The van der Waals surface area contributed by atoms with Crippen LogP contribution in [0.2, 0.25) is 0 Å². The number of hydrogen-bond acceptors (Lipinski definition) is 5. The van der Waals surface area contributed by atoms with Crippen molar-refractivity contribution in [1.29, 1.82) is 0 Å². The fourth-order valence-corrected chi connectivity index (χ4v) is 4.56. The van der Waals surface area contributed by atoms with E-state index in [0.717, 1.165) is 17.5 Å². The van der Waals surface area contributed by atoms with Gasteiger partial charge in [-0.3, -0.25) is 14.7 Å². The molecule has 4 aromatic rings. The third kappa shape index (κ3) is 4.14. The number of nitrogens with one attached hydrogen (secondary N) is 1. The molecule has 1 fully saturated rings. The molecule has 3 heterocycles. The lowest BCUT2D eigenvalue weighted by Gasteiger charge is -2.12. The molecule has 0 radical (unpaired) electrons. The summed E-state index contributed by atoms with van der Waals surface area (Å²) < 4.78 is 12.9. The van der Waals surface area contributed by atoms with Gasteiger partial charge >= 0.3 is 0 Å². The van der Waals surface area contributed by atoms with Crippen LogP contribution in [0.25, 0.3) is 16.9 Å². The number of carbonyl (C=O) groups excluding carboxylic acids is 2. The number of aromatic nitrogens is 3. The van der Waals surface area contributed by atoms with Crippen LogP contribution in [0, 0.1) is 11.8 Å². The van der Waals surface area contributed by atoms with Crippen LogP contribution in [0.1, 0.15) is 35.3 Å². The van der Waals surface area contributed by atoms with Crippen molar-refractivity contribution in [3.05, 3.63) is 66.0 Å². The second kappa shape index (κ2) is 9.50. The maximum atomic E-state index is 12.4. The average molecular weight is 484 g/mol. The molecular weight excluding hydrogens is 458 g/mol. The van der Waals surface area contributed by atoms with Crippen LogP contribution < -0.4 is 15.2 Å². The molecule has 0 aliphatic carbocycles. The molecule has 2 amide bonds. The number of benzene rings is 2. The van der Waals surface area contributed by atoms with E-state index in [4.69, 9.17) is 20.2 Å². The molecule has 0 saturated carbocycles. The van der Waals surface area contributed by atoms with E-state index in [1.54, 1.807) is 35.6 Å². The largest absolute Gasteiger partial charge is 0.493 e. The Labute approximate surface area is 207 Å². The Bertz CT molecular complexity index is 1510. The smallest absolute Gasteiger partial charge is 0.298 e. The summed E-state index contributed by atoms with van der Waals surface area (Å²) in [6.45, 7) is 2.82. The van der Waals surface area contributed by atoms with Gasteiger partial charge in [-0.2, -0.15) is 0 Å². The molecule has 2 aromatic heterocycles. The highest BCUT2D eigenvalue weighted by Crippen LogP contribution is 2.35. The van der Waals surface area contributed by atoms with Crippen molar-refractivity contribution in [2.24, 2.45) is 5.73 Å². The summed E-state index contributed by atoms with van der Waals surface area (Å²) in [7, 11) is 1.59. The van der Waals surface area contributed by atoms with Crippen molar-refractivity contribution in [3.63, 3.8) is 0 Å². The van der Waals surface area contributed by atoms with Crippen LogP contribution >= 0.6 is 0 Å². The van der Waals surface area contributed by atoms with Gasteiger partial charge in [0, 0.05) is 36.3 Å². The number of para-hydroxylation sites is 2. The zero-order chi connectivity index (χ0) is 25.2. The van der Waals surface area contributed by atoms with E-state index in [-0.39, 0.29) is 17.5 Å². The van der Waals surface area contributed by atoms with Gasteiger partial charge in [-0.1, -0.05) is 18.1 Å². The first kappa shape index (κ1) is 23.1. The summed E-state index contributed by atoms with van der Waals surface area (Å²) in [5.74, 6) is 6.39. The highest BCUT2D eigenvalue weighted by Gasteiger charge is 2.31. The van der Waals surface area contributed by atoms with Gasteiger partial charge in [0.1, 0.15) is 11.4 Å². The summed E-state index contributed by atoms with van der Waals surface area (Å²) in [5.41, 5.74) is 8.77. The number of hydrogen-bond donors (Lipinski definition) is 2. The number of ether oxygens (including phenoxy) is 2. The molecule has 1 aliphatic rings. The first-order chi connectivity index (χ1) is 17.5. The number of aromatic amines is 1. The van der Waals surface area contributed by atoms with Crippen molar-refractivity contribution < 1.29 is 19.1 Å². The molecule has 1 saturated heterocycles. The lowest BCUT2D eigenvalue weighted by molar-refractivity contribution is -0.124. The van der Waals surface area contributed by atoms with E-state index in [2.05, 4.69) is 16.9 Å². The predicted octanol–water partition coefficient (Wildman–Crippen LogP) is 3.57. The number of H-pyrrole nitrogens is 1. The molecule has 5 rings (SSSR count). The van der Waals surface area contributed by atoms with Gasteiger partial charge in [-0.25, -0.2) is 9.50 Å². The van der Waals surface area contributed by atoms with Gasteiger partial charge in [-0.05, 0) is 55.7 Å². The van der Waals surface area contributed by atoms with Crippen molar-refractivity contribution in [2.75, 3.05) is 20.2 Å². The van der Waals surface area contributed by atoms with E-state index >= 15 is 0 Å². The van der Waals surface area contributed by atoms with Crippen molar-refractivity contribution in [3.8, 4) is 40.3 Å². The highest BCUT2D eigenvalue weighted by atomic mass is 16.5. The molecule has 1 atom stereocenters. The first-order valence-corrected chi connectivity index (χ1v) is 11.5. The molecule has 9 nitrogen and oxygen atoms in total. The lowest BCUT2D eigenvalue weighted by Crippen LogP contribution is -2.26.